The van der Waals surface area contributed by atoms with Gasteiger partial charge in [0.2, 0.25) is 10.0 Å². The molecule has 2 rings (SSSR count). The lowest BCUT2D eigenvalue weighted by Gasteiger charge is -2.16. The highest BCUT2D eigenvalue weighted by Crippen LogP contribution is 2.26. The van der Waals surface area contributed by atoms with Gasteiger partial charge in [-0.25, -0.2) is 8.42 Å². The molecule has 1 unspecified atom stereocenters. The summed E-state index contributed by atoms with van der Waals surface area (Å²) in [5.74, 6) is -0.847. The minimum Gasteiger partial charge on any atom is -0.469 e. The van der Waals surface area contributed by atoms with Crippen molar-refractivity contribution in [1.82, 2.24) is 4.31 Å². The number of carbonyl (C=O) groups excluding carboxylic acids is 1. The molecule has 7 heteroatoms. The zero-order valence-corrected chi connectivity index (χ0v) is 11.8. The van der Waals surface area contributed by atoms with Crippen LogP contribution in [0.5, 0.6) is 0 Å². The van der Waals surface area contributed by atoms with Crippen LogP contribution in [0.15, 0.2) is 29.2 Å². The van der Waals surface area contributed by atoms with Crippen LogP contribution in [-0.4, -0.2) is 38.9 Å². The fourth-order valence-electron chi connectivity index (χ4n) is 2.23. The molecule has 0 aromatic heterocycles. The molecule has 0 bridgehead atoms. The average molecular weight is 294 g/mol. The maximum atomic E-state index is 12.5. The van der Waals surface area contributed by atoms with Crippen LogP contribution in [0.4, 0.5) is 0 Å². The standard InChI is InChI=1S/C13H14N2O4S/c1-19-13(16)11-6-7-15(9-11)20(17,18)12-5-3-2-4-10(12)8-14/h2-5,11H,6-7,9H2,1H3. The van der Waals surface area contributed by atoms with Crippen LogP contribution in [0.1, 0.15) is 12.0 Å². The van der Waals surface area contributed by atoms with E-state index < -0.39 is 21.9 Å². The van der Waals surface area contributed by atoms with Gasteiger partial charge in [-0.15, -0.1) is 0 Å². The number of sulfonamides is 1. The summed E-state index contributed by atoms with van der Waals surface area (Å²) in [6.07, 6.45) is 0.431. The van der Waals surface area contributed by atoms with E-state index in [1.807, 2.05) is 6.07 Å². The number of carbonyl (C=O) groups is 1. The van der Waals surface area contributed by atoms with Crippen LogP contribution in [0.25, 0.3) is 0 Å². The molecule has 20 heavy (non-hydrogen) atoms. The minimum atomic E-state index is -3.75. The highest BCUT2D eigenvalue weighted by molar-refractivity contribution is 7.89. The van der Waals surface area contributed by atoms with Crippen molar-refractivity contribution in [2.45, 2.75) is 11.3 Å². The summed E-state index contributed by atoms with van der Waals surface area (Å²) in [6, 6.07) is 7.91. The molecule has 1 fully saturated rings. The fraction of sp³-hybridized carbons (Fsp3) is 0.385. The number of hydrogen-bond donors (Lipinski definition) is 0. The van der Waals surface area contributed by atoms with Crippen LogP contribution in [0, 0.1) is 17.2 Å². The number of nitrogens with zero attached hydrogens (tertiary/aromatic N) is 2. The van der Waals surface area contributed by atoms with Gasteiger partial charge in [0, 0.05) is 13.1 Å². The van der Waals surface area contributed by atoms with E-state index >= 15 is 0 Å². The van der Waals surface area contributed by atoms with Gasteiger partial charge in [-0.2, -0.15) is 9.57 Å². The second kappa shape index (κ2) is 5.61. The van der Waals surface area contributed by atoms with Crippen molar-refractivity contribution < 1.29 is 17.9 Å². The van der Waals surface area contributed by atoms with Gasteiger partial charge in [0.25, 0.3) is 0 Å². The highest BCUT2D eigenvalue weighted by Gasteiger charge is 2.37. The first-order valence-electron chi connectivity index (χ1n) is 6.08. The van der Waals surface area contributed by atoms with Gasteiger partial charge >= 0.3 is 5.97 Å². The number of rotatable bonds is 3. The zero-order chi connectivity index (χ0) is 14.8. The molecule has 1 aliphatic rings. The lowest BCUT2D eigenvalue weighted by atomic mass is 10.1. The monoisotopic (exact) mass is 294 g/mol. The Bertz CT molecular complexity index is 663. The number of methoxy groups -OCH3 is 1. The first-order valence-corrected chi connectivity index (χ1v) is 7.52. The molecule has 1 aromatic rings. The van der Waals surface area contributed by atoms with Gasteiger partial charge < -0.3 is 4.74 Å². The zero-order valence-electron chi connectivity index (χ0n) is 10.9. The van der Waals surface area contributed by atoms with Gasteiger partial charge in [0.05, 0.1) is 23.5 Å². The quantitative estimate of drug-likeness (QED) is 0.767. The van der Waals surface area contributed by atoms with Crippen LogP contribution in [0.3, 0.4) is 0 Å². The van der Waals surface area contributed by atoms with Gasteiger partial charge in [0.15, 0.2) is 0 Å². The van der Waals surface area contributed by atoms with E-state index in [-0.39, 0.29) is 23.5 Å². The first-order chi connectivity index (χ1) is 9.50. The summed E-state index contributed by atoms with van der Waals surface area (Å²) in [5.41, 5.74) is 0.106. The number of ether oxygens (including phenoxy) is 1. The van der Waals surface area contributed by atoms with Crippen molar-refractivity contribution in [2.24, 2.45) is 5.92 Å². The van der Waals surface area contributed by atoms with E-state index in [1.165, 1.54) is 23.5 Å². The Hall–Kier alpha value is -1.91. The third-order valence-corrected chi connectivity index (χ3v) is 5.23. The van der Waals surface area contributed by atoms with Gasteiger partial charge in [0.1, 0.15) is 6.07 Å². The van der Waals surface area contributed by atoms with E-state index in [0.29, 0.717) is 6.42 Å². The largest absolute Gasteiger partial charge is 0.469 e. The molecule has 0 N–H and O–H groups in total. The first kappa shape index (κ1) is 14.5. The van der Waals surface area contributed by atoms with E-state index in [9.17, 15) is 13.2 Å². The molecule has 1 saturated heterocycles. The predicted molar refractivity (Wildman–Crippen MR) is 70.0 cm³/mol. The number of benzene rings is 1. The average Bonchev–Trinajstić information content (AvgIpc) is 2.97. The van der Waals surface area contributed by atoms with Gasteiger partial charge in [-0.3, -0.25) is 4.79 Å². The molecule has 0 aliphatic carbocycles. The lowest BCUT2D eigenvalue weighted by Crippen LogP contribution is -2.30. The Balaban J connectivity index is 2.29. The van der Waals surface area contributed by atoms with E-state index in [1.54, 1.807) is 12.1 Å². The van der Waals surface area contributed by atoms with E-state index in [4.69, 9.17) is 5.26 Å². The van der Waals surface area contributed by atoms with Gasteiger partial charge in [-0.05, 0) is 18.6 Å². The Kier molecular flexibility index (Phi) is 4.06. The van der Waals surface area contributed by atoms with Crippen molar-refractivity contribution in [3.05, 3.63) is 29.8 Å². The molecule has 0 radical (unpaired) electrons. The van der Waals surface area contributed by atoms with Crippen molar-refractivity contribution in [3.63, 3.8) is 0 Å². The molecule has 1 atom stereocenters. The minimum absolute atomic E-state index is 0.0204. The number of esters is 1. The van der Waals surface area contributed by atoms with Crippen LogP contribution in [-0.2, 0) is 19.6 Å². The Morgan fingerprint density at radius 1 is 1.45 bits per heavy atom. The normalized spacial score (nSPS) is 19.5. The Morgan fingerprint density at radius 2 is 2.15 bits per heavy atom. The second-order valence-electron chi connectivity index (χ2n) is 4.48. The molecule has 0 saturated carbocycles. The maximum Gasteiger partial charge on any atom is 0.310 e. The van der Waals surface area contributed by atoms with Crippen LogP contribution in [0.2, 0.25) is 0 Å². The maximum absolute atomic E-state index is 12.5. The van der Waals surface area contributed by atoms with Crippen molar-refractivity contribution >= 4 is 16.0 Å². The summed E-state index contributed by atoms with van der Waals surface area (Å²) in [5, 5.41) is 9.00. The molecule has 1 heterocycles. The predicted octanol–water partition coefficient (Wildman–Crippen LogP) is 0.742. The third-order valence-electron chi connectivity index (χ3n) is 3.31. The highest BCUT2D eigenvalue weighted by atomic mass is 32.2. The molecule has 1 aliphatic heterocycles. The summed E-state index contributed by atoms with van der Waals surface area (Å²) in [7, 11) is -2.47. The molecule has 0 spiro atoms. The molecular formula is C13H14N2O4S. The van der Waals surface area contributed by atoms with Crippen molar-refractivity contribution in [1.29, 1.82) is 5.26 Å². The Labute approximate surface area is 117 Å². The third kappa shape index (κ3) is 2.53. The van der Waals surface area contributed by atoms with Crippen molar-refractivity contribution in [3.8, 4) is 6.07 Å². The molecular weight excluding hydrogens is 280 g/mol. The number of hydrogen-bond acceptors (Lipinski definition) is 5. The summed E-state index contributed by atoms with van der Waals surface area (Å²) in [6.45, 7) is 0.344. The summed E-state index contributed by atoms with van der Waals surface area (Å²) in [4.78, 5) is 11.4. The smallest absolute Gasteiger partial charge is 0.310 e. The SMILES string of the molecule is COC(=O)C1CCN(S(=O)(=O)c2ccccc2C#N)C1. The molecule has 6 nitrogen and oxygen atoms in total. The number of nitriles is 1. The van der Waals surface area contributed by atoms with Crippen LogP contribution >= 0.6 is 0 Å². The van der Waals surface area contributed by atoms with Gasteiger partial charge in [-0.1, -0.05) is 12.1 Å². The molecule has 106 valence electrons. The van der Waals surface area contributed by atoms with E-state index in [0.717, 1.165) is 0 Å². The fourth-order valence-corrected chi connectivity index (χ4v) is 3.87. The summed E-state index contributed by atoms with van der Waals surface area (Å²) >= 11 is 0. The van der Waals surface area contributed by atoms with E-state index in [2.05, 4.69) is 4.74 Å². The molecule has 0 amide bonds. The topological polar surface area (TPSA) is 87.5 Å². The van der Waals surface area contributed by atoms with Crippen LogP contribution < -0.4 is 0 Å². The Morgan fingerprint density at radius 3 is 2.80 bits per heavy atom. The van der Waals surface area contributed by atoms with Crippen molar-refractivity contribution in [2.75, 3.05) is 20.2 Å². The second-order valence-corrected chi connectivity index (χ2v) is 6.39. The summed E-state index contributed by atoms with van der Waals surface area (Å²) < 4.78 is 30.8. The molecule has 1 aromatic carbocycles. The lowest BCUT2D eigenvalue weighted by molar-refractivity contribution is -0.144.